The third kappa shape index (κ3) is 3.15. The van der Waals surface area contributed by atoms with Gasteiger partial charge in [-0.15, -0.1) is 0 Å². The molecule has 0 saturated carbocycles. The van der Waals surface area contributed by atoms with Crippen molar-refractivity contribution in [2.45, 2.75) is 44.9 Å². The Bertz CT molecular complexity index is 568. The summed E-state index contributed by atoms with van der Waals surface area (Å²) in [6, 6.07) is 15.5. The van der Waals surface area contributed by atoms with Gasteiger partial charge in [0.15, 0.2) is 0 Å². The second kappa shape index (κ2) is 5.73. The maximum absolute atomic E-state index is 3.87. The molecule has 20 heavy (non-hydrogen) atoms. The summed E-state index contributed by atoms with van der Waals surface area (Å²) < 4.78 is 0. The first-order valence-electron chi connectivity index (χ1n) is 7.11. The molecule has 2 aromatic carbocycles. The fraction of sp³-hybridized carbons (Fsp3) is 0.368. The van der Waals surface area contributed by atoms with Crippen molar-refractivity contribution >= 4 is 15.9 Å². The average Bonchev–Trinajstić information content (AvgIpc) is 2.37. The van der Waals surface area contributed by atoms with E-state index in [1.165, 1.54) is 27.8 Å². The van der Waals surface area contributed by atoms with Gasteiger partial charge < -0.3 is 0 Å². The molecule has 0 amide bonds. The van der Waals surface area contributed by atoms with E-state index in [2.05, 4.69) is 93.0 Å². The van der Waals surface area contributed by atoms with Crippen LogP contribution in [-0.2, 0) is 5.41 Å². The lowest BCUT2D eigenvalue weighted by molar-refractivity contribution is 0.590. The maximum Gasteiger partial charge on any atom is 0.0649 e. The molecule has 0 saturated heterocycles. The zero-order chi connectivity index (χ0) is 14.9. The summed E-state index contributed by atoms with van der Waals surface area (Å²) in [5.74, 6) is 0. The summed E-state index contributed by atoms with van der Waals surface area (Å²) in [5.41, 5.74) is 6.96. The SMILES string of the molecule is Cc1cccc(C)c1C(Br)c1ccc(C(C)(C)C)cc1. The molecule has 1 unspecified atom stereocenters. The van der Waals surface area contributed by atoms with E-state index in [9.17, 15) is 0 Å². The Labute approximate surface area is 131 Å². The van der Waals surface area contributed by atoms with Crippen LogP contribution in [0.3, 0.4) is 0 Å². The number of rotatable bonds is 2. The van der Waals surface area contributed by atoms with Crippen molar-refractivity contribution in [3.8, 4) is 0 Å². The number of aryl methyl sites for hydroxylation is 2. The van der Waals surface area contributed by atoms with E-state index < -0.39 is 0 Å². The first-order valence-corrected chi connectivity index (χ1v) is 8.03. The number of hydrogen-bond acceptors (Lipinski definition) is 0. The molecule has 106 valence electrons. The van der Waals surface area contributed by atoms with Crippen LogP contribution in [0.2, 0.25) is 0 Å². The van der Waals surface area contributed by atoms with E-state index in [1.54, 1.807) is 0 Å². The van der Waals surface area contributed by atoms with Gasteiger partial charge >= 0.3 is 0 Å². The maximum atomic E-state index is 3.87. The molecule has 0 aliphatic rings. The molecular formula is C19H23Br. The van der Waals surface area contributed by atoms with E-state index in [0.29, 0.717) is 0 Å². The molecule has 1 atom stereocenters. The van der Waals surface area contributed by atoms with Gasteiger partial charge in [0.1, 0.15) is 0 Å². The molecule has 0 spiro atoms. The molecule has 2 aromatic rings. The van der Waals surface area contributed by atoms with Crippen molar-refractivity contribution in [3.05, 3.63) is 70.3 Å². The van der Waals surface area contributed by atoms with Crippen molar-refractivity contribution in [1.29, 1.82) is 0 Å². The Morgan fingerprint density at radius 1 is 0.850 bits per heavy atom. The molecule has 2 rings (SSSR count). The van der Waals surface area contributed by atoms with Crippen LogP contribution >= 0.6 is 15.9 Å². The lowest BCUT2D eigenvalue weighted by atomic mass is 9.86. The summed E-state index contributed by atoms with van der Waals surface area (Å²) in [6.07, 6.45) is 0. The smallest absolute Gasteiger partial charge is 0.0649 e. The van der Waals surface area contributed by atoms with Crippen molar-refractivity contribution in [2.24, 2.45) is 0 Å². The van der Waals surface area contributed by atoms with Crippen molar-refractivity contribution in [1.82, 2.24) is 0 Å². The standard InChI is InChI=1S/C19H23Br/c1-13-7-6-8-14(2)17(13)18(20)15-9-11-16(12-10-15)19(3,4)5/h6-12,18H,1-5H3. The first kappa shape index (κ1) is 15.3. The summed E-state index contributed by atoms with van der Waals surface area (Å²) in [5, 5.41) is 0. The average molecular weight is 331 g/mol. The lowest BCUT2D eigenvalue weighted by Crippen LogP contribution is -2.11. The molecule has 0 N–H and O–H groups in total. The molecule has 0 aliphatic heterocycles. The topological polar surface area (TPSA) is 0 Å². The van der Waals surface area contributed by atoms with Crippen molar-refractivity contribution in [2.75, 3.05) is 0 Å². The lowest BCUT2D eigenvalue weighted by Gasteiger charge is -2.21. The number of alkyl halides is 1. The Balaban J connectivity index is 2.37. The van der Waals surface area contributed by atoms with Gasteiger partial charge in [-0.3, -0.25) is 0 Å². The molecule has 0 heterocycles. The highest BCUT2D eigenvalue weighted by atomic mass is 79.9. The fourth-order valence-corrected chi connectivity index (χ4v) is 3.57. The summed E-state index contributed by atoms with van der Waals surface area (Å²) in [6.45, 7) is 11.1. The van der Waals surface area contributed by atoms with Gasteiger partial charge in [-0.25, -0.2) is 0 Å². The predicted molar refractivity (Wildman–Crippen MR) is 91.8 cm³/mol. The summed E-state index contributed by atoms with van der Waals surface area (Å²) in [7, 11) is 0. The van der Waals surface area contributed by atoms with Crippen LogP contribution in [0.15, 0.2) is 42.5 Å². The Hall–Kier alpha value is -1.08. The van der Waals surface area contributed by atoms with E-state index >= 15 is 0 Å². The van der Waals surface area contributed by atoms with Crippen LogP contribution in [0.1, 0.15) is 53.4 Å². The molecule has 0 bridgehead atoms. The number of hydrogen-bond donors (Lipinski definition) is 0. The molecule has 1 heteroatoms. The normalized spacial score (nSPS) is 13.3. The zero-order valence-corrected chi connectivity index (χ0v) is 14.6. The van der Waals surface area contributed by atoms with E-state index in [1.807, 2.05) is 0 Å². The molecular weight excluding hydrogens is 308 g/mol. The number of benzene rings is 2. The minimum absolute atomic E-state index is 0.207. The molecule has 0 radical (unpaired) electrons. The van der Waals surface area contributed by atoms with Crippen LogP contribution in [-0.4, -0.2) is 0 Å². The van der Waals surface area contributed by atoms with Crippen LogP contribution in [0.4, 0.5) is 0 Å². The Kier molecular flexibility index (Phi) is 4.39. The summed E-state index contributed by atoms with van der Waals surface area (Å²) >= 11 is 3.87. The second-order valence-corrected chi connectivity index (χ2v) is 7.46. The monoisotopic (exact) mass is 330 g/mol. The van der Waals surface area contributed by atoms with Crippen LogP contribution < -0.4 is 0 Å². The highest BCUT2D eigenvalue weighted by molar-refractivity contribution is 9.09. The van der Waals surface area contributed by atoms with Gasteiger partial charge in [0.2, 0.25) is 0 Å². The highest BCUT2D eigenvalue weighted by Crippen LogP contribution is 2.35. The van der Waals surface area contributed by atoms with Gasteiger partial charge in [0.05, 0.1) is 4.83 Å². The molecule has 0 aliphatic carbocycles. The van der Waals surface area contributed by atoms with Crippen LogP contribution in [0.25, 0.3) is 0 Å². The fourth-order valence-electron chi connectivity index (χ4n) is 2.55. The third-order valence-corrected chi connectivity index (χ3v) is 4.85. The Morgan fingerprint density at radius 3 is 1.80 bits per heavy atom. The zero-order valence-electron chi connectivity index (χ0n) is 13.0. The minimum Gasteiger partial charge on any atom is -0.0786 e. The van der Waals surface area contributed by atoms with Crippen molar-refractivity contribution in [3.63, 3.8) is 0 Å². The second-order valence-electron chi connectivity index (χ2n) is 6.54. The van der Waals surface area contributed by atoms with Gasteiger partial charge in [0.25, 0.3) is 0 Å². The molecule has 0 nitrogen and oxygen atoms in total. The van der Waals surface area contributed by atoms with E-state index in [0.717, 1.165) is 0 Å². The Morgan fingerprint density at radius 2 is 1.35 bits per heavy atom. The predicted octanol–water partition coefficient (Wildman–Crippen LogP) is 6.09. The summed E-state index contributed by atoms with van der Waals surface area (Å²) in [4.78, 5) is 0.262. The van der Waals surface area contributed by atoms with Crippen LogP contribution in [0.5, 0.6) is 0 Å². The van der Waals surface area contributed by atoms with Gasteiger partial charge in [0, 0.05) is 0 Å². The van der Waals surface area contributed by atoms with Crippen molar-refractivity contribution < 1.29 is 0 Å². The molecule has 0 aromatic heterocycles. The van der Waals surface area contributed by atoms with E-state index in [4.69, 9.17) is 0 Å². The van der Waals surface area contributed by atoms with E-state index in [-0.39, 0.29) is 10.2 Å². The van der Waals surface area contributed by atoms with Gasteiger partial charge in [-0.2, -0.15) is 0 Å². The third-order valence-electron chi connectivity index (χ3n) is 3.86. The highest BCUT2D eigenvalue weighted by Gasteiger charge is 2.17. The largest absolute Gasteiger partial charge is 0.0786 e. The quantitative estimate of drug-likeness (QED) is 0.585. The molecule has 0 fully saturated rings. The first-order chi connectivity index (χ1) is 9.30. The number of halogens is 1. The minimum atomic E-state index is 0.207. The van der Waals surface area contributed by atoms with Gasteiger partial charge in [-0.1, -0.05) is 79.2 Å². The van der Waals surface area contributed by atoms with Crippen LogP contribution in [0, 0.1) is 13.8 Å². The van der Waals surface area contributed by atoms with Gasteiger partial charge in [-0.05, 0) is 47.1 Å².